The summed E-state index contributed by atoms with van der Waals surface area (Å²) in [6, 6.07) is 0. The van der Waals surface area contributed by atoms with E-state index in [2.05, 4.69) is 33.8 Å². The van der Waals surface area contributed by atoms with Crippen molar-refractivity contribution in [2.24, 2.45) is 5.41 Å². The molecule has 0 radical (unpaired) electrons. The van der Waals surface area contributed by atoms with Crippen molar-refractivity contribution in [3.63, 3.8) is 0 Å². The van der Waals surface area contributed by atoms with E-state index in [-0.39, 0.29) is 17.5 Å². The molecule has 0 saturated carbocycles. The zero-order valence-electron chi connectivity index (χ0n) is 10.9. The van der Waals surface area contributed by atoms with Crippen molar-refractivity contribution in [2.45, 2.75) is 60.5 Å². The molecule has 0 aliphatic carbocycles. The summed E-state index contributed by atoms with van der Waals surface area (Å²) >= 11 is 0. The van der Waals surface area contributed by atoms with Crippen LogP contribution in [0.2, 0.25) is 0 Å². The molecule has 0 saturated heterocycles. The molecule has 0 amide bonds. The summed E-state index contributed by atoms with van der Waals surface area (Å²) in [5.41, 5.74) is 1.51. The van der Waals surface area contributed by atoms with Gasteiger partial charge in [0.05, 0.1) is 6.10 Å². The molecule has 0 bridgehead atoms. The lowest BCUT2D eigenvalue weighted by molar-refractivity contribution is -0.146. The number of hydrogen-bond donors (Lipinski definition) is 0. The van der Waals surface area contributed by atoms with Crippen LogP contribution in [-0.4, -0.2) is 12.1 Å². The average molecular weight is 212 g/mol. The zero-order chi connectivity index (χ0) is 12.1. The number of esters is 1. The van der Waals surface area contributed by atoms with Crippen LogP contribution in [0.4, 0.5) is 0 Å². The number of allylic oxidation sites excluding steroid dienone is 2. The SMILES string of the molecule is CC=C(C)C(C)(CC)CC(C)OC(C)=O. The summed E-state index contributed by atoms with van der Waals surface area (Å²) < 4.78 is 5.18. The molecule has 2 atom stereocenters. The zero-order valence-corrected chi connectivity index (χ0v) is 10.9. The van der Waals surface area contributed by atoms with Gasteiger partial charge in [-0.1, -0.05) is 25.5 Å². The van der Waals surface area contributed by atoms with Gasteiger partial charge >= 0.3 is 5.97 Å². The first-order chi connectivity index (χ1) is 6.85. The third-order valence-corrected chi connectivity index (χ3v) is 3.27. The van der Waals surface area contributed by atoms with Gasteiger partial charge in [0.1, 0.15) is 0 Å². The average Bonchev–Trinajstić information content (AvgIpc) is 2.14. The van der Waals surface area contributed by atoms with Crippen molar-refractivity contribution in [1.29, 1.82) is 0 Å². The Morgan fingerprint density at radius 3 is 2.33 bits per heavy atom. The van der Waals surface area contributed by atoms with E-state index in [1.54, 1.807) is 0 Å². The fourth-order valence-electron chi connectivity index (χ4n) is 1.89. The minimum atomic E-state index is -0.195. The van der Waals surface area contributed by atoms with Crippen molar-refractivity contribution in [3.05, 3.63) is 11.6 Å². The van der Waals surface area contributed by atoms with Gasteiger partial charge in [-0.15, -0.1) is 0 Å². The van der Waals surface area contributed by atoms with E-state index in [0.29, 0.717) is 0 Å². The van der Waals surface area contributed by atoms with E-state index < -0.39 is 0 Å². The van der Waals surface area contributed by atoms with Crippen LogP contribution in [0.25, 0.3) is 0 Å². The van der Waals surface area contributed by atoms with Gasteiger partial charge in [-0.25, -0.2) is 0 Å². The summed E-state index contributed by atoms with van der Waals surface area (Å²) in [5, 5.41) is 0. The number of ether oxygens (including phenoxy) is 1. The van der Waals surface area contributed by atoms with Crippen LogP contribution >= 0.6 is 0 Å². The summed E-state index contributed by atoms with van der Waals surface area (Å²) in [6.45, 7) is 12.0. The summed E-state index contributed by atoms with van der Waals surface area (Å²) in [4.78, 5) is 10.8. The molecule has 0 aromatic carbocycles. The first kappa shape index (κ1) is 14.2. The highest BCUT2D eigenvalue weighted by atomic mass is 16.5. The van der Waals surface area contributed by atoms with Crippen molar-refractivity contribution in [3.8, 4) is 0 Å². The Bertz CT molecular complexity index is 243. The van der Waals surface area contributed by atoms with Crippen LogP contribution in [0.15, 0.2) is 11.6 Å². The molecule has 0 rings (SSSR count). The van der Waals surface area contributed by atoms with Crippen LogP contribution in [-0.2, 0) is 9.53 Å². The number of carbonyl (C=O) groups excluding carboxylic acids is 1. The minimum Gasteiger partial charge on any atom is -0.463 e. The highest BCUT2D eigenvalue weighted by Gasteiger charge is 2.27. The molecule has 2 heteroatoms. The van der Waals surface area contributed by atoms with Gasteiger partial charge in [-0.05, 0) is 39.0 Å². The fraction of sp³-hybridized carbons (Fsp3) is 0.769. The Morgan fingerprint density at radius 2 is 2.00 bits per heavy atom. The molecule has 2 nitrogen and oxygen atoms in total. The number of hydrogen-bond acceptors (Lipinski definition) is 2. The second kappa shape index (κ2) is 5.94. The maximum atomic E-state index is 10.8. The maximum absolute atomic E-state index is 10.8. The van der Waals surface area contributed by atoms with Crippen LogP contribution in [0.1, 0.15) is 54.4 Å². The largest absolute Gasteiger partial charge is 0.463 e. The molecular formula is C13H24O2. The molecule has 15 heavy (non-hydrogen) atoms. The van der Waals surface area contributed by atoms with Crippen molar-refractivity contribution in [2.75, 3.05) is 0 Å². The van der Waals surface area contributed by atoms with E-state index in [1.807, 2.05) is 6.92 Å². The standard InChI is InChI=1S/C13H24O2/c1-7-10(3)13(6,8-2)9-11(4)15-12(5)14/h7,11H,8-9H2,1-6H3. The second-order valence-corrected chi connectivity index (χ2v) is 4.51. The molecule has 0 fully saturated rings. The fourth-order valence-corrected chi connectivity index (χ4v) is 1.89. The van der Waals surface area contributed by atoms with Crippen LogP contribution in [0, 0.1) is 5.41 Å². The van der Waals surface area contributed by atoms with Gasteiger partial charge in [0.25, 0.3) is 0 Å². The first-order valence-corrected chi connectivity index (χ1v) is 5.66. The van der Waals surface area contributed by atoms with Gasteiger partial charge in [-0.2, -0.15) is 0 Å². The molecule has 0 spiro atoms. The maximum Gasteiger partial charge on any atom is 0.302 e. The Kier molecular flexibility index (Phi) is 5.63. The summed E-state index contributed by atoms with van der Waals surface area (Å²) in [6.07, 6.45) is 4.08. The lowest BCUT2D eigenvalue weighted by atomic mass is 9.76. The first-order valence-electron chi connectivity index (χ1n) is 5.66. The lowest BCUT2D eigenvalue weighted by Gasteiger charge is -2.32. The molecule has 0 aliphatic heterocycles. The Hall–Kier alpha value is -0.790. The van der Waals surface area contributed by atoms with Crippen LogP contribution in [0.5, 0.6) is 0 Å². The molecule has 88 valence electrons. The molecule has 2 unspecified atom stereocenters. The minimum absolute atomic E-state index is 0.0117. The third-order valence-electron chi connectivity index (χ3n) is 3.27. The molecule has 0 N–H and O–H groups in total. The Balaban J connectivity index is 4.50. The predicted octanol–water partition coefficient (Wildman–Crippen LogP) is 3.71. The van der Waals surface area contributed by atoms with Gasteiger partial charge in [0, 0.05) is 6.92 Å². The van der Waals surface area contributed by atoms with Crippen molar-refractivity contribution >= 4 is 5.97 Å². The van der Waals surface area contributed by atoms with Crippen LogP contribution < -0.4 is 0 Å². The van der Waals surface area contributed by atoms with E-state index in [9.17, 15) is 4.79 Å². The Morgan fingerprint density at radius 1 is 1.47 bits per heavy atom. The molecule has 0 aliphatic rings. The van der Waals surface area contributed by atoms with Crippen molar-refractivity contribution in [1.82, 2.24) is 0 Å². The number of rotatable bonds is 5. The van der Waals surface area contributed by atoms with E-state index in [4.69, 9.17) is 4.74 Å². The quantitative estimate of drug-likeness (QED) is 0.513. The number of carbonyl (C=O) groups is 1. The van der Waals surface area contributed by atoms with E-state index >= 15 is 0 Å². The molecular weight excluding hydrogens is 188 g/mol. The molecule has 0 heterocycles. The Labute approximate surface area is 93.7 Å². The monoisotopic (exact) mass is 212 g/mol. The molecule has 0 aromatic rings. The van der Waals surface area contributed by atoms with Gasteiger partial charge < -0.3 is 4.74 Å². The normalized spacial score (nSPS) is 18.1. The van der Waals surface area contributed by atoms with Gasteiger partial charge in [0.15, 0.2) is 0 Å². The lowest BCUT2D eigenvalue weighted by Crippen LogP contribution is -2.25. The van der Waals surface area contributed by atoms with Crippen LogP contribution in [0.3, 0.4) is 0 Å². The molecule has 0 aromatic heterocycles. The summed E-state index contributed by atoms with van der Waals surface area (Å²) in [7, 11) is 0. The highest BCUT2D eigenvalue weighted by Crippen LogP contribution is 2.36. The van der Waals surface area contributed by atoms with E-state index in [1.165, 1.54) is 12.5 Å². The second-order valence-electron chi connectivity index (χ2n) is 4.51. The summed E-state index contributed by atoms with van der Waals surface area (Å²) in [5.74, 6) is -0.195. The smallest absolute Gasteiger partial charge is 0.302 e. The van der Waals surface area contributed by atoms with Gasteiger partial charge in [0.2, 0.25) is 0 Å². The van der Waals surface area contributed by atoms with Gasteiger partial charge in [-0.3, -0.25) is 4.79 Å². The third kappa shape index (κ3) is 4.50. The topological polar surface area (TPSA) is 26.3 Å². The van der Waals surface area contributed by atoms with E-state index in [0.717, 1.165) is 12.8 Å². The predicted molar refractivity (Wildman–Crippen MR) is 63.7 cm³/mol. The highest BCUT2D eigenvalue weighted by molar-refractivity contribution is 5.66. The van der Waals surface area contributed by atoms with Crippen molar-refractivity contribution < 1.29 is 9.53 Å².